The topological polar surface area (TPSA) is 84.0 Å². The number of aromatic amines is 1. The molecule has 1 aliphatic carbocycles. The molecule has 3 aromatic carbocycles. The average molecular weight is 498 g/mol. The average Bonchev–Trinajstić information content (AvgIpc) is 3.43. The molecular weight excluding hydrogens is 462 g/mol. The smallest absolute Gasteiger partial charge is 0.411 e. The summed E-state index contributed by atoms with van der Waals surface area (Å²) in [4.78, 5) is 15.7. The molecule has 4 aromatic rings. The van der Waals surface area contributed by atoms with Crippen molar-refractivity contribution >= 4 is 16.9 Å². The molecule has 1 fully saturated rings. The van der Waals surface area contributed by atoms with Crippen LogP contribution in [0, 0.1) is 0 Å². The van der Waals surface area contributed by atoms with Gasteiger partial charge in [-0.3, -0.25) is 4.90 Å². The molecule has 1 saturated carbocycles. The van der Waals surface area contributed by atoms with E-state index < -0.39 is 5.60 Å². The van der Waals surface area contributed by atoms with E-state index in [4.69, 9.17) is 4.74 Å². The summed E-state index contributed by atoms with van der Waals surface area (Å²) in [5, 5.41) is 16.9. The van der Waals surface area contributed by atoms with E-state index in [1.165, 1.54) is 16.3 Å². The van der Waals surface area contributed by atoms with Gasteiger partial charge in [0, 0.05) is 11.6 Å². The van der Waals surface area contributed by atoms with E-state index in [0.717, 1.165) is 36.8 Å². The molecular formula is C30H35N5O2. The SMILES string of the molecule is C[C@H](c1cccc2ccccc12)N(C(=O)OC(C)(C)C)[C@@H]1CCC[C@@H](c2cccc(-c3nn[nH]n3)c2)C1. The van der Waals surface area contributed by atoms with Crippen molar-refractivity contribution in [2.24, 2.45) is 0 Å². The molecule has 0 saturated heterocycles. The van der Waals surface area contributed by atoms with E-state index in [9.17, 15) is 4.79 Å². The van der Waals surface area contributed by atoms with E-state index in [-0.39, 0.29) is 18.2 Å². The number of carbonyl (C=O) groups is 1. The zero-order chi connectivity index (χ0) is 26.0. The summed E-state index contributed by atoms with van der Waals surface area (Å²) in [5.41, 5.74) is 2.77. The summed E-state index contributed by atoms with van der Waals surface area (Å²) in [6.07, 6.45) is 3.71. The van der Waals surface area contributed by atoms with Crippen molar-refractivity contribution in [3.05, 3.63) is 77.9 Å². The monoisotopic (exact) mass is 497 g/mol. The zero-order valence-corrected chi connectivity index (χ0v) is 22.0. The lowest BCUT2D eigenvalue weighted by molar-refractivity contribution is 0.000757. The molecule has 1 aromatic heterocycles. The fraction of sp³-hybridized carbons (Fsp3) is 0.400. The van der Waals surface area contributed by atoms with Gasteiger partial charge in [0.15, 0.2) is 0 Å². The number of benzene rings is 3. The van der Waals surface area contributed by atoms with Crippen LogP contribution in [0.3, 0.4) is 0 Å². The summed E-state index contributed by atoms with van der Waals surface area (Å²) in [6.45, 7) is 7.92. The molecule has 5 rings (SSSR count). The summed E-state index contributed by atoms with van der Waals surface area (Å²) < 4.78 is 5.98. The maximum absolute atomic E-state index is 13.7. The summed E-state index contributed by atoms with van der Waals surface area (Å²) in [6, 6.07) is 23.0. The Morgan fingerprint density at radius 3 is 2.62 bits per heavy atom. The van der Waals surface area contributed by atoms with Gasteiger partial charge in [-0.1, -0.05) is 67.1 Å². The molecule has 3 atom stereocenters. The quantitative estimate of drug-likeness (QED) is 0.319. The van der Waals surface area contributed by atoms with Crippen molar-refractivity contribution in [3.63, 3.8) is 0 Å². The van der Waals surface area contributed by atoms with Gasteiger partial charge in [-0.25, -0.2) is 4.79 Å². The number of carbonyl (C=O) groups excluding carboxylic acids is 1. The molecule has 7 nitrogen and oxygen atoms in total. The van der Waals surface area contributed by atoms with Gasteiger partial charge < -0.3 is 4.74 Å². The first-order valence-electron chi connectivity index (χ1n) is 13.1. The Morgan fingerprint density at radius 2 is 1.84 bits per heavy atom. The lowest BCUT2D eigenvalue weighted by Gasteiger charge is -2.42. The maximum Gasteiger partial charge on any atom is 0.411 e. The predicted octanol–water partition coefficient (Wildman–Crippen LogP) is 7.04. The van der Waals surface area contributed by atoms with Crippen LogP contribution in [0.15, 0.2) is 66.7 Å². The molecule has 1 amide bonds. The highest BCUT2D eigenvalue weighted by molar-refractivity contribution is 5.86. The minimum atomic E-state index is -0.569. The molecule has 0 bridgehead atoms. The summed E-state index contributed by atoms with van der Waals surface area (Å²) >= 11 is 0. The van der Waals surface area contributed by atoms with Crippen LogP contribution in [0.25, 0.3) is 22.2 Å². The first-order chi connectivity index (χ1) is 17.8. The maximum atomic E-state index is 13.7. The molecule has 1 heterocycles. The number of nitrogens with one attached hydrogen (secondary N) is 1. The molecule has 192 valence electrons. The molecule has 0 aliphatic heterocycles. The Kier molecular flexibility index (Phi) is 6.96. The summed E-state index contributed by atoms with van der Waals surface area (Å²) in [7, 11) is 0. The third kappa shape index (κ3) is 5.50. The molecule has 1 N–H and O–H groups in total. The van der Waals surface area contributed by atoms with Gasteiger partial charge in [0.2, 0.25) is 5.82 Å². The van der Waals surface area contributed by atoms with Crippen LogP contribution in [0.4, 0.5) is 4.79 Å². The number of hydrogen-bond donors (Lipinski definition) is 1. The molecule has 0 radical (unpaired) electrons. The highest BCUT2D eigenvalue weighted by Gasteiger charge is 2.36. The number of ether oxygens (including phenoxy) is 1. The standard InChI is InChI=1S/C30H35N5O2/c1-20(26-17-9-11-21-10-5-6-16-27(21)26)35(29(36)37-30(2,3)4)25-15-8-13-23(19-25)22-12-7-14-24(18-22)28-31-33-34-32-28/h5-7,9-12,14,16-18,20,23,25H,8,13,15,19H2,1-4H3,(H,31,32,33,34)/t20-,23-,25-/m1/s1. The zero-order valence-electron chi connectivity index (χ0n) is 22.0. The molecule has 37 heavy (non-hydrogen) atoms. The Morgan fingerprint density at radius 1 is 1.05 bits per heavy atom. The van der Waals surface area contributed by atoms with Gasteiger partial charge in [-0.15, -0.1) is 10.2 Å². The van der Waals surface area contributed by atoms with Crippen LogP contribution in [0.5, 0.6) is 0 Å². The molecule has 1 aliphatic rings. The first-order valence-corrected chi connectivity index (χ1v) is 13.1. The van der Waals surface area contributed by atoms with Crippen molar-refractivity contribution in [1.29, 1.82) is 0 Å². The predicted molar refractivity (Wildman–Crippen MR) is 145 cm³/mol. The second kappa shape index (κ2) is 10.3. The van der Waals surface area contributed by atoms with Gasteiger partial charge in [0.1, 0.15) is 5.60 Å². The van der Waals surface area contributed by atoms with Crippen molar-refractivity contribution in [2.45, 2.75) is 77.0 Å². The fourth-order valence-electron chi connectivity index (χ4n) is 5.64. The number of rotatable bonds is 5. The van der Waals surface area contributed by atoms with Crippen LogP contribution >= 0.6 is 0 Å². The lowest BCUT2D eigenvalue weighted by atomic mass is 9.80. The van der Waals surface area contributed by atoms with Crippen molar-refractivity contribution in [2.75, 3.05) is 0 Å². The van der Waals surface area contributed by atoms with Crippen molar-refractivity contribution in [3.8, 4) is 11.4 Å². The van der Waals surface area contributed by atoms with Gasteiger partial charge in [-0.2, -0.15) is 5.21 Å². The van der Waals surface area contributed by atoms with E-state index in [0.29, 0.717) is 11.7 Å². The molecule has 0 unspecified atom stereocenters. The van der Waals surface area contributed by atoms with Crippen LogP contribution in [-0.2, 0) is 4.74 Å². The van der Waals surface area contributed by atoms with Crippen LogP contribution < -0.4 is 0 Å². The van der Waals surface area contributed by atoms with Crippen LogP contribution in [-0.4, -0.2) is 43.3 Å². The second-order valence-corrected chi connectivity index (χ2v) is 11.0. The van der Waals surface area contributed by atoms with Crippen molar-refractivity contribution in [1.82, 2.24) is 25.5 Å². The Balaban J connectivity index is 1.47. The van der Waals surface area contributed by atoms with E-state index >= 15 is 0 Å². The Labute approximate surface area is 218 Å². The number of tetrazole rings is 1. The lowest BCUT2D eigenvalue weighted by Crippen LogP contribution is -2.46. The fourth-order valence-corrected chi connectivity index (χ4v) is 5.64. The number of H-pyrrole nitrogens is 1. The minimum Gasteiger partial charge on any atom is -0.444 e. The van der Waals surface area contributed by atoms with Crippen LogP contribution in [0.2, 0.25) is 0 Å². The second-order valence-electron chi connectivity index (χ2n) is 11.0. The van der Waals surface area contributed by atoms with E-state index in [2.05, 4.69) is 88.2 Å². The third-order valence-corrected chi connectivity index (χ3v) is 7.30. The summed E-state index contributed by atoms with van der Waals surface area (Å²) in [5.74, 6) is 0.921. The van der Waals surface area contributed by atoms with Gasteiger partial charge in [0.05, 0.1) is 6.04 Å². The number of aromatic nitrogens is 4. The number of fused-ring (bicyclic) bond motifs is 1. The number of amides is 1. The van der Waals surface area contributed by atoms with Crippen molar-refractivity contribution < 1.29 is 9.53 Å². The van der Waals surface area contributed by atoms with E-state index in [1.54, 1.807) is 0 Å². The number of nitrogens with zero attached hydrogens (tertiary/aromatic N) is 4. The Bertz CT molecular complexity index is 1360. The molecule has 0 spiro atoms. The van der Waals surface area contributed by atoms with Crippen LogP contribution in [0.1, 0.15) is 76.5 Å². The minimum absolute atomic E-state index is 0.0661. The van der Waals surface area contributed by atoms with E-state index in [1.807, 2.05) is 31.7 Å². The van der Waals surface area contributed by atoms with Gasteiger partial charge in [-0.05, 0) is 86.1 Å². The van der Waals surface area contributed by atoms with Gasteiger partial charge >= 0.3 is 6.09 Å². The van der Waals surface area contributed by atoms with Gasteiger partial charge in [0.25, 0.3) is 0 Å². The Hall–Kier alpha value is -3.74. The largest absolute Gasteiger partial charge is 0.444 e. The highest BCUT2D eigenvalue weighted by Crippen LogP contribution is 2.40. The third-order valence-electron chi connectivity index (χ3n) is 7.30. The highest BCUT2D eigenvalue weighted by atomic mass is 16.6. The first kappa shape index (κ1) is 24.9. The molecule has 7 heteroatoms. The number of hydrogen-bond acceptors (Lipinski definition) is 5. The normalized spacial score (nSPS) is 18.9.